The number of benzene rings is 2. The molecule has 0 saturated heterocycles. The van der Waals surface area contributed by atoms with Crippen LogP contribution in [-0.2, 0) is 16.0 Å². The first kappa shape index (κ1) is 24.5. The minimum atomic E-state index is -0.765. The Morgan fingerprint density at radius 1 is 1.14 bits per heavy atom. The van der Waals surface area contributed by atoms with Crippen molar-refractivity contribution in [3.8, 4) is 11.1 Å². The van der Waals surface area contributed by atoms with Crippen LogP contribution in [-0.4, -0.2) is 36.9 Å². The first-order chi connectivity index (χ1) is 16.4. The van der Waals surface area contributed by atoms with E-state index in [1.807, 2.05) is 62.3 Å². The third-order valence-electron chi connectivity index (χ3n) is 5.50. The van der Waals surface area contributed by atoms with E-state index in [9.17, 15) is 9.59 Å². The lowest BCUT2D eigenvalue weighted by molar-refractivity contribution is -0.112. The lowest BCUT2D eigenvalue weighted by atomic mass is 9.98. The summed E-state index contributed by atoms with van der Waals surface area (Å²) in [6.45, 7) is 7.09. The van der Waals surface area contributed by atoms with Crippen LogP contribution in [0.25, 0.3) is 16.7 Å². The zero-order valence-corrected chi connectivity index (χ0v) is 21.4. The first-order valence-corrected chi connectivity index (χ1v) is 11.6. The molecule has 0 radical (unpaired) electrons. The second-order valence-corrected chi connectivity index (χ2v) is 10.1. The van der Waals surface area contributed by atoms with E-state index in [2.05, 4.69) is 5.16 Å². The molecule has 1 aromatic heterocycles. The van der Waals surface area contributed by atoms with Crippen molar-refractivity contribution < 1.29 is 18.8 Å². The van der Waals surface area contributed by atoms with Crippen molar-refractivity contribution in [3.05, 3.63) is 70.6 Å². The van der Waals surface area contributed by atoms with Crippen molar-refractivity contribution in [2.75, 3.05) is 23.9 Å². The van der Waals surface area contributed by atoms with Gasteiger partial charge in [0.25, 0.3) is 5.91 Å². The summed E-state index contributed by atoms with van der Waals surface area (Å²) in [7, 11) is 3.95. The topological polar surface area (TPSA) is 75.9 Å². The number of hydrogen-bond acceptors (Lipinski definition) is 6. The number of anilines is 2. The fourth-order valence-electron chi connectivity index (χ4n) is 3.87. The van der Waals surface area contributed by atoms with Crippen LogP contribution in [0.1, 0.15) is 37.8 Å². The molecule has 0 unspecified atom stereocenters. The number of aryl methyl sites for hydroxylation is 1. The number of halogens is 1. The maximum absolute atomic E-state index is 13.5. The number of imide groups is 1. The molecule has 182 valence electrons. The predicted octanol–water partition coefficient (Wildman–Crippen LogP) is 6.28. The Kier molecular flexibility index (Phi) is 6.47. The SMILES string of the molecule is Cc1cc(C/C=C2/C(=O)N(C(=O)OC(C)(C)C)c3cc(Cl)c(-c4ccc(N(C)C)cc4)cc32)on1. The highest BCUT2D eigenvalue weighted by molar-refractivity contribution is 6.41. The number of carbonyl (C=O) groups excluding carboxylic acids is 2. The van der Waals surface area contributed by atoms with Gasteiger partial charge in [-0.1, -0.05) is 35.0 Å². The van der Waals surface area contributed by atoms with E-state index in [4.69, 9.17) is 20.9 Å². The molecular formula is C27H28ClN3O4. The van der Waals surface area contributed by atoms with Gasteiger partial charge in [0.15, 0.2) is 0 Å². The fraction of sp³-hybridized carbons (Fsp3) is 0.296. The van der Waals surface area contributed by atoms with Gasteiger partial charge in [-0.05, 0) is 57.5 Å². The summed E-state index contributed by atoms with van der Waals surface area (Å²) in [5, 5.41) is 4.32. The van der Waals surface area contributed by atoms with Crippen molar-refractivity contribution in [1.82, 2.24) is 5.16 Å². The third kappa shape index (κ3) is 5.10. The molecule has 2 amide bonds. The van der Waals surface area contributed by atoms with Crippen molar-refractivity contribution in [1.29, 1.82) is 0 Å². The molecular weight excluding hydrogens is 466 g/mol. The molecule has 0 fully saturated rings. The maximum Gasteiger partial charge on any atom is 0.422 e. The number of fused-ring (bicyclic) bond motifs is 1. The lowest BCUT2D eigenvalue weighted by Gasteiger charge is -2.23. The Bertz CT molecular complexity index is 1320. The average molecular weight is 494 g/mol. The summed E-state index contributed by atoms with van der Waals surface area (Å²) in [6, 6.07) is 13.3. The van der Waals surface area contributed by atoms with E-state index >= 15 is 0 Å². The Hall–Kier alpha value is -3.58. The zero-order valence-electron chi connectivity index (χ0n) is 20.7. The molecule has 2 heterocycles. The van der Waals surface area contributed by atoms with Gasteiger partial charge in [0.1, 0.15) is 11.4 Å². The van der Waals surface area contributed by atoms with Crippen molar-refractivity contribution in [3.63, 3.8) is 0 Å². The number of ether oxygens (including phenoxy) is 1. The molecule has 8 heteroatoms. The summed E-state index contributed by atoms with van der Waals surface area (Å²) in [5.74, 6) is 0.148. The normalized spacial score (nSPS) is 14.4. The van der Waals surface area contributed by atoms with Crippen molar-refractivity contribution >= 4 is 40.5 Å². The van der Waals surface area contributed by atoms with E-state index < -0.39 is 17.6 Å². The quantitative estimate of drug-likeness (QED) is 0.398. The summed E-state index contributed by atoms with van der Waals surface area (Å²) in [6.07, 6.45) is 1.35. The van der Waals surface area contributed by atoms with Crippen LogP contribution >= 0.6 is 11.6 Å². The molecule has 0 bridgehead atoms. The summed E-state index contributed by atoms with van der Waals surface area (Å²) >= 11 is 6.68. The van der Waals surface area contributed by atoms with Crippen LogP contribution < -0.4 is 9.80 Å². The Balaban J connectivity index is 1.80. The van der Waals surface area contributed by atoms with E-state index in [1.54, 1.807) is 32.9 Å². The van der Waals surface area contributed by atoms with Crippen LogP contribution in [0.4, 0.5) is 16.2 Å². The van der Waals surface area contributed by atoms with E-state index in [0.717, 1.165) is 27.4 Å². The molecule has 35 heavy (non-hydrogen) atoms. The molecule has 1 aliphatic heterocycles. The van der Waals surface area contributed by atoms with Gasteiger partial charge in [0.05, 0.1) is 16.4 Å². The standard InChI is InChI=1S/C27H28ClN3O4/c1-16-13-19(35-29-16)11-12-20-22-14-21(17-7-9-18(10-8-17)30(5)6)23(28)15-24(22)31(25(20)32)26(33)34-27(2,3)4/h7-10,12-15H,11H2,1-6H3/b20-12+. The molecule has 7 nitrogen and oxygen atoms in total. The minimum absolute atomic E-state index is 0.346. The van der Waals surface area contributed by atoms with E-state index in [1.165, 1.54) is 0 Å². The van der Waals surface area contributed by atoms with Crippen LogP contribution in [0.15, 0.2) is 53.1 Å². The Labute approximate surface area is 209 Å². The van der Waals surface area contributed by atoms with Crippen molar-refractivity contribution in [2.45, 2.75) is 39.7 Å². The molecule has 0 atom stereocenters. The van der Waals surface area contributed by atoms with Gasteiger partial charge in [0, 0.05) is 49.0 Å². The lowest BCUT2D eigenvalue weighted by Crippen LogP contribution is -2.38. The second-order valence-electron chi connectivity index (χ2n) is 9.67. The van der Waals surface area contributed by atoms with Crippen LogP contribution in [0.2, 0.25) is 5.02 Å². The molecule has 0 saturated carbocycles. The number of allylic oxidation sites excluding steroid dienone is 1. The summed E-state index contributed by atoms with van der Waals surface area (Å²) < 4.78 is 10.8. The van der Waals surface area contributed by atoms with Crippen LogP contribution in [0.3, 0.4) is 0 Å². The maximum atomic E-state index is 13.5. The smallest absolute Gasteiger partial charge is 0.422 e. The molecule has 0 aliphatic carbocycles. The van der Waals surface area contributed by atoms with Gasteiger partial charge in [-0.15, -0.1) is 0 Å². The van der Waals surface area contributed by atoms with Gasteiger partial charge in [0.2, 0.25) is 0 Å². The third-order valence-corrected chi connectivity index (χ3v) is 5.82. The first-order valence-electron chi connectivity index (χ1n) is 11.3. The fourth-order valence-corrected chi connectivity index (χ4v) is 4.14. The number of rotatable bonds is 4. The molecule has 0 N–H and O–H groups in total. The van der Waals surface area contributed by atoms with Crippen LogP contribution in [0, 0.1) is 6.92 Å². The summed E-state index contributed by atoms with van der Waals surface area (Å²) in [4.78, 5) is 29.5. The van der Waals surface area contributed by atoms with E-state index in [-0.39, 0.29) is 0 Å². The highest BCUT2D eigenvalue weighted by Gasteiger charge is 2.39. The highest BCUT2D eigenvalue weighted by atomic mass is 35.5. The number of carbonyl (C=O) groups is 2. The Morgan fingerprint density at radius 3 is 2.40 bits per heavy atom. The zero-order chi connectivity index (χ0) is 25.5. The predicted molar refractivity (Wildman–Crippen MR) is 138 cm³/mol. The van der Waals surface area contributed by atoms with Gasteiger partial charge >= 0.3 is 6.09 Å². The number of nitrogens with zero attached hydrogens (tertiary/aromatic N) is 3. The minimum Gasteiger partial charge on any atom is -0.443 e. The largest absolute Gasteiger partial charge is 0.443 e. The van der Waals surface area contributed by atoms with Crippen molar-refractivity contribution in [2.24, 2.45) is 0 Å². The number of amides is 2. The Morgan fingerprint density at radius 2 is 1.83 bits per heavy atom. The number of aromatic nitrogens is 1. The summed E-state index contributed by atoms with van der Waals surface area (Å²) in [5.41, 5.74) is 4.08. The van der Waals surface area contributed by atoms with E-state index in [0.29, 0.717) is 34.0 Å². The molecule has 0 spiro atoms. The number of hydrogen-bond donors (Lipinski definition) is 0. The monoisotopic (exact) mass is 493 g/mol. The van der Waals surface area contributed by atoms with Gasteiger partial charge in [-0.25, -0.2) is 9.69 Å². The van der Waals surface area contributed by atoms with Gasteiger partial charge < -0.3 is 14.2 Å². The highest BCUT2D eigenvalue weighted by Crippen LogP contribution is 2.43. The molecule has 3 aromatic rings. The second kappa shape index (κ2) is 9.23. The average Bonchev–Trinajstić information content (AvgIpc) is 3.30. The molecule has 1 aliphatic rings. The molecule has 4 rings (SSSR count). The molecule has 2 aromatic carbocycles. The van der Waals surface area contributed by atoms with Gasteiger partial charge in [-0.2, -0.15) is 0 Å². The van der Waals surface area contributed by atoms with Gasteiger partial charge in [-0.3, -0.25) is 4.79 Å². The van der Waals surface area contributed by atoms with Crippen LogP contribution in [0.5, 0.6) is 0 Å².